The fourth-order valence-corrected chi connectivity index (χ4v) is 3.78. The molecule has 30 heavy (non-hydrogen) atoms. The molecule has 3 nitrogen and oxygen atoms in total. The van der Waals surface area contributed by atoms with Crippen molar-refractivity contribution in [2.45, 2.75) is 90.5 Å². The lowest BCUT2D eigenvalue weighted by molar-refractivity contribution is -0.140. The predicted octanol–water partition coefficient (Wildman–Crippen LogP) is 7.69. The minimum atomic E-state index is -1.56. The highest BCUT2D eigenvalue weighted by Gasteiger charge is 2.18. The highest BCUT2D eigenvalue weighted by Crippen LogP contribution is 2.13. The summed E-state index contributed by atoms with van der Waals surface area (Å²) in [5, 5.41) is 0. The molecule has 0 aromatic carbocycles. The van der Waals surface area contributed by atoms with Crippen LogP contribution in [0.15, 0.2) is 60.8 Å². The Labute approximate surface area is 186 Å². The molecule has 0 aromatic heterocycles. The largest absolute Gasteiger partial charge is 0.469 e. The zero-order valence-electron chi connectivity index (χ0n) is 19.9. The second-order valence-corrected chi connectivity index (χ2v) is 12.8. The van der Waals surface area contributed by atoms with Gasteiger partial charge in [-0.05, 0) is 58.2 Å². The second-order valence-electron chi connectivity index (χ2n) is 8.31. The SMILES string of the molecule is CCCCC/C=C\CC(/C=C/C=C\C/C=C\C/C=C\CCC(=O)OC)O[Si](C)(C)C. The molecule has 0 fully saturated rings. The molecule has 4 heteroatoms. The summed E-state index contributed by atoms with van der Waals surface area (Å²) in [6.07, 6.45) is 30.6. The van der Waals surface area contributed by atoms with Gasteiger partial charge in [0.05, 0.1) is 13.2 Å². The van der Waals surface area contributed by atoms with E-state index in [-0.39, 0.29) is 12.1 Å². The number of hydrogen-bond acceptors (Lipinski definition) is 3. The first-order valence-corrected chi connectivity index (χ1v) is 14.8. The molecule has 0 amide bonds. The molecule has 0 saturated carbocycles. The summed E-state index contributed by atoms with van der Waals surface area (Å²) in [5.41, 5.74) is 0. The Morgan fingerprint density at radius 2 is 1.53 bits per heavy atom. The van der Waals surface area contributed by atoms with E-state index in [2.05, 4.69) is 86.0 Å². The standard InChI is InChI=1S/C26H44O3Si/c1-6-7-8-9-16-19-22-25(29-30(3,4)5)23-20-17-14-12-10-11-13-15-18-21-24-26(27)28-2/h10-11,14-20,23,25H,6-9,12-13,21-22,24H2,1-5H3/b11-10-,17-14-,18-15-,19-16-,23-20+. The van der Waals surface area contributed by atoms with Crippen LogP contribution in [-0.2, 0) is 14.0 Å². The fraction of sp³-hybridized carbons (Fsp3) is 0.577. The summed E-state index contributed by atoms with van der Waals surface area (Å²) in [5.74, 6) is -0.158. The van der Waals surface area contributed by atoms with Gasteiger partial charge in [-0.2, -0.15) is 0 Å². The highest BCUT2D eigenvalue weighted by atomic mass is 28.4. The number of ether oxygens (including phenoxy) is 1. The first-order valence-electron chi connectivity index (χ1n) is 11.4. The predicted molar refractivity (Wildman–Crippen MR) is 133 cm³/mol. The van der Waals surface area contributed by atoms with Crippen molar-refractivity contribution in [1.29, 1.82) is 0 Å². The minimum Gasteiger partial charge on any atom is -0.469 e. The molecule has 0 aliphatic carbocycles. The van der Waals surface area contributed by atoms with Crippen LogP contribution in [0.25, 0.3) is 0 Å². The summed E-state index contributed by atoms with van der Waals surface area (Å²) in [6.45, 7) is 8.96. The van der Waals surface area contributed by atoms with Gasteiger partial charge >= 0.3 is 5.97 Å². The summed E-state index contributed by atoms with van der Waals surface area (Å²) < 4.78 is 10.9. The van der Waals surface area contributed by atoms with Gasteiger partial charge in [-0.15, -0.1) is 0 Å². The van der Waals surface area contributed by atoms with Crippen molar-refractivity contribution in [3.05, 3.63) is 60.8 Å². The van der Waals surface area contributed by atoms with Gasteiger partial charge in [0, 0.05) is 6.42 Å². The maximum Gasteiger partial charge on any atom is 0.305 e. The molecule has 0 N–H and O–H groups in total. The lowest BCUT2D eigenvalue weighted by Gasteiger charge is -2.23. The number of methoxy groups -OCH3 is 1. The quantitative estimate of drug-likeness (QED) is 0.0776. The van der Waals surface area contributed by atoms with Gasteiger partial charge in [-0.1, -0.05) is 80.5 Å². The van der Waals surface area contributed by atoms with Crippen LogP contribution >= 0.6 is 0 Å². The summed E-state index contributed by atoms with van der Waals surface area (Å²) in [6, 6.07) is 0. The Morgan fingerprint density at radius 1 is 0.867 bits per heavy atom. The molecule has 0 bridgehead atoms. The average molecular weight is 433 g/mol. The van der Waals surface area contributed by atoms with E-state index in [0.717, 1.165) is 25.7 Å². The van der Waals surface area contributed by atoms with Crippen molar-refractivity contribution < 1.29 is 14.0 Å². The first-order chi connectivity index (χ1) is 14.4. The molecule has 0 radical (unpaired) electrons. The van der Waals surface area contributed by atoms with Gasteiger partial charge in [0.15, 0.2) is 8.32 Å². The molecule has 1 atom stereocenters. The molecule has 0 aliphatic rings. The van der Waals surface area contributed by atoms with Gasteiger partial charge in [-0.25, -0.2) is 0 Å². The number of rotatable bonds is 17. The Hall–Kier alpha value is -1.65. The van der Waals surface area contributed by atoms with Crippen LogP contribution in [0.1, 0.15) is 64.7 Å². The molecule has 0 heterocycles. The van der Waals surface area contributed by atoms with Crippen LogP contribution in [-0.4, -0.2) is 27.5 Å². The van der Waals surface area contributed by atoms with Crippen molar-refractivity contribution in [2.75, 3.05) is 7.11 Å². The van der Waals surface area contributed by atoms with E-state index in [0.29, 0.717) is 6.42 Å². The number of allylic oxidation sites excluding steroid dienone is 8. The first kappa shape index (κ1) is 28.3. The summed E-state index contributed by atoms with van der Waals surface area (Å²) in [7, 11) is -0.142. The van der Waals surface area contributed by atoms with Crippen LogP contribution in [0.3, 0.4) is 0 Å². The van der Waals surface area contributed by atoms with Gasteiger partial charge in [-0.3, -0.25) is 4.79 Å². The molecule has 0 rings (SSSR count). The van der Waals surface area contributed by atoms with Crippen LogP contribution in [0.4, 0.5) is 0 Å². The van der Waals surface area contributed by atoms with Crippen LogP contribution in [0, 0.1) is 0 Å². The van der Waals surface area contributed by atoms with Crippen molar-refractivity contribution >= 4 is 14.3 Å². The van der Waals surface area contributed by atoms with E-state index in [1.165, 1.54) is 32.8 Å². The maximum atomic E-state index is 11.0. The average Bonchev–Trinajstić information content (AvgIpc) is 2.69. The molecular weight excluding hydrogens is 388 g/mol. The number of carbonyl (C=O) groups excluding carboxylic acids is 1. The van der Waals surface area contributed by atoms with Gasteiger partial charge in [0.1, 0.15) is 0 Å². The Kier molecular flexibility index (Phi) is 18.3. The third kappa shape index (κ3) is 21.1. The zero-order valence-corrected chi connectivity index (χ0v) is 20.9. The van der Waals surface area contributed by atoms with Gasteiger partial charge in [0.25, 0.3) is 0 Å². The van der Waals surface area contributed by atoms with E-state index >= 15 is 0 Å². The maximum absolute atomic E-state index is 11.0. The Bertz CT molecular complexity index is 565. The molecule has 1 unspecified atom stereocenters. The Morgan fingerprint density at radius 3 is 2.20 bits per heavy atom. The van der Waals surface area contributed by atoms with Crippen LogP contribution in [0.5, 0.6) is 0 Å². The van der Waals surface area contributed by atoms with E-state index < -0.39 is 8.32 Å². The van der Waals surface area contributed by atoms with E-state index in [4.69, 9.17) is 4.43 Å². The molecule has 0 aromatic rings. The third-order valence-electron chi connectivity index (χ3n) is 4.21. The van der Waals surface area contributed by atoms with Crippen molar-refractivity contribution in [2.24, 2.45) is 0 Å². The van der Waals surface area contributed by atoms with Gasteiger partial charge < -0.3 is 9.16 Å². The molecular formula is C26H44O3Si. The Balaban J connectivity index is 4.20. The van der Waals surface area contributed by atoms with Crippen molar-refractivity contribution in [3.63, 3.8) is 0 Å². The zero-order chi connectivity index (χ0) is 22.5. The highest BCUT2D eigenvalue weighted by molar-refractivity contribution is 6.69. The van der Waals surface area contributed by atoms with E-state index in [1.807, 2.05) is 6.08 Å². The third-order valence-corrected chi connectivity index (χ3v) is 5.22. The van der Waals surface area contributed by atoms with Gasteiger partial charge in [0.2, 0.25) is 0 Å². The minimum absolute atomic E-state index is 0.158. The normalized spacial score (nSPS) is 14.2. The van der Waals surface area contributed by atoms with E-state index in [9.17, 15) is 4.79 Å². The lowest BCUT2D eigenvalue weighted by Crippen LogP contribution is -2.30. The molecule has 0 spiro atoms. The number of unbranched alkanes of at least 4 members (excludes halogenated alkanes) is 3. The van der Waals surface area contributed by atoms with Crippen LogP contribution < -0.4 is 0 Å². The smallest absolute Gasteiger partial charge is 0.305 e. The number of hydrogen-bond donors (Lipinski definition) is 0. The second kappa shape index (κ2) is 19.3. The fourth-order valence-electron chi connectivity index (χ4n) is 2.69. The number of carbonyl (C=O) groups is 1. The summed E-state index contributed by atoms with van der Waals surface area (Å²) in [4.78, 5) is 11.0. The number of esters is 1. The molecule has 0 aliphatic heterocycles. The van der Waals surface area contributed by atoms with Crippen molar-refractivity contribution in [3.8, 4) is 0 Å². The molecule has 170 valence electrons. The summed E-state index contributed by atoms with van der Waals surface area (Å²) >= 11 is 0. The lowest BCUT2D eigenvalue weighted by atomic mass is 10.1. The molecule has 0 saturated heterocycles. The van der Waals surface area contributed by atoms with Crippen LogP contribution in [0.2, 0.25) is 19.6 Å². The topological polar surface area (TPSA) is 35.5 Å². The van der Waals surface area contributed by atoms with E-state index in [1.54, 1.807) is 0 Å². The van der Waals surface area contributed by atoms with Crippen molar-refractivity contribution in [1.82, 2.24) is 0 Å². The monoisotopic (exact) mass is 432 g/mol.